The molecule has 2 aromatic rings. The molecule has 0 N–H and O–H groups in total. The fraction of sp³-hybridized carbons (Fsp3) is 0.280. The van der Waals surface area contributed by atoms with E-state index in [1.807, 2.05) is 60.7 Å². The molecule has 0 aromatic heterocycles. The number of ether oxygens (including phenoxy) is 4. The second kappa shape index (κ2) is 13.9. The van der Waals surface area contributed by atoms with Crippen LogP contribution in [0.25, 0.3) is 0 Å². The lowest BCUT2D eigenvalue weighted by atomic mass is 10.2. The first-order chi connectivity index (χ1) is 15.0. The number of esters is 2. The van der Waals surface area contributed by atoms with E-state index in [1.54, 1.807) is 0 Å². The third kappa shape index (κ3) is 10.9. The van der Waals surface area contributed by atoms with E-state index in [-0.39, 0.29) is 26.4 Å². The highest BCUT2D eigenvalue weighted by Gasteiger charge is 2.13. The molecule has 0 aliphatic heterocycles. The van der Waals surface area contributed by atoms with Gasteiger partial charge in [-0.05, 0) is 22.3 Å². The van der Waals surface area contributed by atoms with Crippen LogP contribution in [0.15, 0.2) is 85.0 Å². The Kier molecular flexibility index (Phi) is 10.8. The quantitative estimate of drug-likeness (QED) is 0.259. The van der Waals surface area contributed by atoms with Crippen molar-refractivity contribution in [3.63, 3.8) is 0 Å². The Labute approximate surface area is 183 Å². The molecule has 0 aliphatic rings. The van der Waals surface area contributed by atoms with Crippen molar-refractivity contribution >= 4 is 11.9 Å². The third-order valence-corrected chi connectivity index (χ3v) is 4.00. The number of hydrogen-bond acceptors (Lipinski definition) is 6. The number of carbonyl (C=O) groups excluding carboxylic acids is 2. The molecule has 0 amide bonds. The fourth-order valence-corrected chi connectivity index (χ4v) is 2.44. The summed E-state index contributed by atoms with van der Waals surface area (Å²) in [5.41, 5.74) is 3.28. The summed E-state index contributed by atoms with van der Waals surface area (Å²) >= 11 is 0. The zero-order valence-electron chi connectivity index (χ0n) is 17.6. The van der Waals surface area contributed by atoms with E-state index in [2.05, 4.69) is 13.2 Å². The first kappa shape index (κ1) is 24.1. The molecule has 31 heavy (non-hydrogen) atoms. The summed E-state index contributed by atoms with van der Waals surface area (Å²) in [5, 5.41) is 0. The Bertz CT molecular complexity index is 773. The van der Waals surface area contributed by atoms with Crippen LogP contribution in [0.1, 0.15) is 17.5 Å². The van der Waals surface area contributed by atoms with Gasteiger partial charge in [0.25, 0.3) is 0 Å². The zero-order valence-corrected chi connectivity index (χ0v) is 17.6. The van der Waals surface area contributed by atoms with Crippen molar-refractivity contribution in [2.45, 2.75) is 19.6 Å². The summed E-state index contributed by atoms with van der Waals surface area (Å²) in [6.07, 6.45) is -0.476. The number of hydrogen-bond donors (Lipinski definition) is 0. The van der Waals surface area contributed by atoms with Gasteiger partial charge in [0.1, 0.15) is 19.6 Å². The first-order valence-electron chi connectivity index (χ1n) is 9.91. The predicted molar refractivity (Wildman–Crippen MR) is 117 cm³/mol. The molecule has 0 saturated heterocycles. The van der Waals surface area contributed by atoms with Crippen LogP contribution < -0.4 is 0 Å². The summed E-state index contributed by atoms with van der Waals surface area (Å²) in [4.78, 5) is 23.5. The van der Waals surface area contributed by atoms with Crippen LogP contribution in [-0.4, -0.2) is 38.4 Å². The lowest BCUT2D eigenvalue weighted by molar-refractivity contribution is -0.153. The highest BCUT2D eigenvalue weighted by atomic mass is 16.6. The lowest BCUT2D eigenvalue weighted by Gasteiger charge is -2.10. The maximum absolute atomic E-state index is 11.8. The van der Waals surface area contributed by atoms with Gasteiger partial charge in [0.05, 0.1) is 26.4 Å². The van der Waals surface area contributed by atoms with Crippen LogP contribution in [0.5, 0.6) is 0 Å². The van der Waals surface area contributed by atoms with E-state index in [9.17, 15) is 9.59 Å². The molecule has 6 heteroatoms. The van der Waals surface area contributed by atoms with E-state index in [1.165, 1.54) is 0 Å². The van der Waals surface area contributed by atoms with E-state index >= 15 is 0 Å². The van der Waals surface area contributed by atoms with Gasteiger partial charge in [0.15, 0.2) is 0 Å². The van der Waals surface area contributed by atoms with Gasteiger partial charge in [0, 0.05) is 0 Å². The van der Waals surface area contributed by atoms with Crippen molar-refractivity contribution in [2.75, 3.05) is 26.4 Å². The molecule has 0 unspecified atom stereocenters. The average molecular weight is 424 g/mol. The molecule has 6 nitrogen and oxygen atoms in total. The lowest BCUT2D eigenvalue weighted by Crippen LogP contribution is -2.17. The van der Waals surface area contributed by atoms with Crippen molar-refractivity contribution in [1.82, 2.24) is 0 Å². The van der Waals surface area contributed by atoms with Gasteiger partial charge < -0.3 is 18.9 Å². The first-order valence-corrected chi connectivity index (χ1v) is 9.91. The predicted octanol–water partition coefficient (Wildman–Crippen LogP) is 4.01. The largest absolute Gasteiger partial charge is 0.461 e. The van der Waals surface area contributed by atoms with Gasteiger partial charge in [-0.15, -0.1) is 0 Å². The van der Waals surface area contributed by atoms with E-state index in [0.717, 1.165) is 11.1 Å². The van der Waals surface area contributed by atoms with Crippen LogP contribution >= 0.6 is 0 Å². The van der Waals surface area contributed by atoms with Crippen molar-refractivity contribution in [3.05, 3.63) is 96.1 Å². The second-order valence-corrected chi connectivity index (χ2v) is 6.95. The molecule has 0 fully saturated rings. The van der Waals surface area contributed by atoms with Crippen LogP contribution in [0.3, 0.4) is 0 Å². The third-order valence-electron chi connectivity index (χ3n) is 4.00. The van der Waals surface area contributed by atoms with E-state index < -0.39 is 18.4 Å². The van der Waals surface area contributed by atoms with E-state index in [0.29, 0.717) is 24.4 Å². The highest BCUT2D eigenvalue weighted by Crippen LogP contribution is 2.05. The van der Waals surface area contributed by atoms with Crippen LogP contribution in [0.2, 0.25) is 0 Å². The normalized spacial score (nSPS) is 10.3. The summed E-state index contributed by atoms with van der Waals surface area (Å²) in [7, 11) is 0. The maximum atomic E-state index is 11.8. The molecular formula is C25H28O6. The highest BCUT2D eigenvalue weighted by molar-refractivity contribution is 5.91. The van der Waals surface area contributed by atoms with E-state index in [4.69, 9.17) is 18.9 Å². The molecular weight excluding hydrogens is 396 g/mol. The van der Waals surface area contributed by atoms with Gasteiger partial charge in [-0.2, -0.15) is 0 Å². The molecule has 2 rings (SSSR count). The van der Waals surface area contributed by atoms with Gasteiger partial charge in [0.2, 0.25) is 0 Å². The van der Waals surface area contributed by atoms with Crippen molar-refractivity contribution in [3.8, 4) is 0 Å². The zero-order chi connectivity index (χ0) is 22.3. The topological polar surface area (TPSA) is 71.1 Å². The Morgan fingerprint density at radius 1 is 0.613 bits per heavy atom. The van der Waals surface area contributed by atoms with Crippen LogP contribution in [0.4, 0.5) is 0 Å². The Morgan fingerprint density at radius 2 is 1.00 bits per heavy atom. The van der Waals surface area contributed by atoms with Gasteiger partial charge in [-0.25, -0.2) is 0 Å². The molecule has 0 radical (unpaired) electrons. The Morgan fingerprint density at radius 3 is 1.39 bits per heavy atom. The molecule has 0 heterocycles. The second-order valence-electron chi connectivity index (χ2n) is 6.95. The molecule has 2 aromatic carbocycles. The maximum Gasteiger partial charge on any atom is 0.317 e. The monoisotopic (exact) mass is 424 g/mol. The average Bonchev–Trinajstić information content (AvgIpc) is 2.78. The standard InChI is InChI=1S/C25H28O6/c1-20(14-28-18-22-9-5-3-6-10-22)16-30-24(26)13-25(27)31-17-21(2)15-29-19-23-11-7-4-8-12-23/h3-12H,1-2,13-19H2. The number of benzene rings is 2. The summed E-state index contributed by atoms with van der Waals surface area (Å²) in [5.74, 6) is -1.36. The van der Waals surface area contributed by atoms with Crippen molar-refractivity contribution in [1.29, 1.82) is 0 Å². The summed E-state index contributed by atoms with van der Waals surface area (Å²) < 4.78 is 21.1. The Balaban J connectivity index is 1.51. The van der Waals surface area contributed by atoms with Gasteiger partial charge in [-0.1, -0.05) is 73.8 Å². The smallest absolute Gasteiger partial charge is 0.317 e. The molecule has 0 atom stereocenters. The van der Waals surface area contributed by atoms with Crippen LogP contribution in [-0.2, 0) is 41.8 Å². The SMILES string of the molecule is C=C(COCc1ccccc1)COC(=O)CC(=O)OCC(=C)COCc1ccccc1. The minimum absolute atomic E-state index is 0.0130. The molecule has 0 aliphatic carbocycles. The molecule has 0 spiro atoms. The summed E-state index contributed by atoms with van der Waals surface area (Å²) in [6.45, 7) is 8.99. The molecule has 0 bridgehead atoms. The number of carbonyl (C=O) groups is 2. The molecule has 0 saturated carbocycles. The van der Waals surface area contributed by atoms with Gasteiger partial charge >= 0.3 is 11.9 Å². The van der Waals surface area contributed by atoms with Crippen LogP contribution in [0, 0.1) is 0 Å². The van der Waals surface area contributed by atoms with Crippen molar-refractivity contribution in [2.24, 2.45) is 0 Å². The molecule has 164 valence electrons. The fourth-order valence-electron chi connectivity index (χ4n) is 2.44. The summed E-state index contributed by atoms with van der Waals surface area (Å²) in [6, 6.07) is 19.4. The minimum Gasteiger partial charge on any atom is -0.461 e. The van der Waals surface area contributed by atoms with Gasteiger partial charge in [-0.3, -0.25) is 9.59 Å². The number of rotatable bonds is 14. The van der Waals surface area contributed by atoms with Crippen molar-refractivity contribution < 1.29 is 28.5 Å². The Hall–Kier alpha value is -3.22. The minimum atomic E-state index is -0.680.